The number of rotatable bonds is 7. The lowest BCUT2D eigenvalue weighted by atomic mass is 9.82. The third-order valence-electron chi connectivity index (χ3n) is 8.40. The van der Waals surface area contributed by atoms with E-state index < -0.39 is 0 Å². The first-order valence-corrected chi connectivity index (χ1v) is 13.2. The number of hydrogen-bond acceptors (Lipinski definition) is 3. The molecule has 2 aromatic carbocycles. The highest BCUT2D eigenvalue weighted by Gasteiger charge is 2.68. The van der Waals surface area contributed by atoms with E-state index in [9.17, 15) is 9.59 Å². The molecule has 180 valence electrons. The number of carbonyl (C=O) groups excluding carboxylic acids is 2. The summed E-state index contributed by atoms with van der Waals surface area (Å²) in [6.07, 6.45) is 7.88. The van der Waals surface area contributed by atoms with Crippen LogP contribution in [0.25, 0.3) is 11.0 Å². The topological polar surface area (TPSA) is 76.0 Å². The van der Waals surface area contributed by atoms with Gasteiger partial charge < -0.3 is 15.2 Å². The van der Waals surface area contributed by atoms with Crippen LogP contribution < -0.4 is 10.6 Å². The highest BCUT2D eigenvalue weighted by atomic mass is 79.9. The Labute approximate surface area is 213 Å². The van der Waals surface area contributed by atoms with Crippen LogP contribution in [0.3, 0.4) is 0 Å². The van der Waals surface area contributed by atoms with Crippen LogP contribution in [0, 0.1) is 29.1 Å². The number of amides is 2. The number of halogens is 1. The number of para-hydroxylation sites is 2. The zero-order chi connectivity index (χ0) is 24.2. The molecule has 1 heterocycles. The van der Waals surface area contributed by atoms with E-state index in [0.717, 1.165) is 27.0 Å². The smallest absolute Gasteiger partial charge is 0.228 e. The van der Waals surface area contributed by atoms with Crippen LogP contribution in [0.5, 0.6) is 0 Å². The van der Waals surface area contributed by atoms with Crippen molar-refractivity contribution < 1.29 is 9.59 Å². The first kappa shape index (κ1) is 22.5. The van der Waals surface area contributed by atoms with E-state index >= 15 is 0 Å². The Kier molecular flexibility index (Phi) is 5.55. The number of imidazole rings is 1. The van der Waals surface area contributed by atoms with Gasteiger partial charge in [0.05, 0.1) is 17.0 Å². The van der Waals surface area contributed by atoms with E-state index in [1.807, 2.05) is 55.6 Å². The number of nitrogens with zero attached hydrogens (tertiary/aromatic N) is 2. The van der Waals surface area contributed by atoms with Crippen molar-refractivity contribution in [2.75, 3.05) is 11.9 Å². The average molecular weight is 533 g/mol. The van der Waals surface area contributed by atoms with Crippen molar-refractivity contribution in [3.05, 3.63) is 71.0 Å². The van der Waals surface area contributed by atoms with Gasteiger partial charge in [-0.3, -0.25) is 9.59 Å². The lowest BCUT2D eigenvalue weighted by Gasteiger charge is -2.27. The molecule has 2 fully saturated rings. The minimum absolute atomic E-state index is 0.0146. The summed E-state index contributed by atoms with van der Waals surface area (Å²) in [7, 11) is 1.99. The molecule has 0 unspecified atom stereocenters. The van der Waals surface area contributed by atoms with Crippen molar-refractivity contribution >= 4 is 44.5 Å². The predicted octanol–water partition coefficient (Wildman–Crippen LogP) is 4.85. The Hall–Kier alpha value is -2.93. The predicted molar refractivity (Wildman–Crippen MR) is 140 cm³/mol. The summed E-state index contributed by atoms with van der Waals surface area (Å²) in [6.45, 7) is 0.535. The molecular formula is C28H29BrN4O2. The number of aryl methyl sites for hydroxylation is 2. The van der Waals surface area contributed by atoms with Gasteiger partial charge in [-0.25, -0.2) is 4.98 Å². The number of aromatic nitrogens is 2. The van der Waals surface area contributed by atoms with E-state index in [0.29, 0.717) is 25.3 Å². The number of benzene rings is 2. The van der Waals surface area contributed by atoms with Crippen LogP contribution in [-0.2, 0) is 23.1 Å². The third-order valence-corrected chi connectivity index (χ3v) is 8.92. The molecule has 4 atom stereocenters. The van der Waals surface area contributed by atoms with Crippen molar-refractivity contribution in [3.63, 3.8) is 0 Å². The molecule has 1 aromatic heterocycles. The number of hydrogen-bond donors (Lipinski definition) is 2. The summed E-state index contributed by atoms with van der Waals surface area (Å²) in [5.74, 6) is 1.64. The maximum atomic E-state index is 13.4. The fourth-order valence-electron chi connectivity index (χ4n) is 6.53. The van der Waals surface area contributed by atoms with E-state index in [2.05, 4.69) is 48.3 Å². The molecule has 6 nitrogen and oxygen atoms in total. The number of carbonyl (C=O) groups is 2. The second-order valence-electron chi connectivity index (χ2n) is 10.2. The largest absolute Gasteiger partial charge is 0.356 e. The van der Waals surface area contributed by atoms with Gasteiger partial charge in [0.25, 0.3) is 0 Å². The van der Waals surface area contributed by atoms with Crippen molar-refractivity contribution in [2.45, 2.75) is 25.7 Å². The lowest BCUT2D eigenvalue weighted by molar-refractivity contribution is -0.124. The number of fused-ring (bicyclic) bond motifs is 1. The molecule has 2 bridgehead atoms. The highest BCUT2D eigenvalue weighted by molar-refractivity contribution is 9.10. The van der Waals surface area contributed by atoms with E-state index in [-0.39, 0.29) is 35.0 Å². The van der Waals surface area contributed by atoms with Gasteiger partial charge in [-0.2, -0.15) is 0 Å². The van der Waals surface area contributed by atoms with Crippen molar-refractivity contribution in [3.8, 4) is 0 Å². The Balaban J connectivity index is 1.11. The van der Waals surface area contributed by atoms with Gasteiger partial charge in [-0.15, -0.1) is 0 Å². The van der Waals surface area contributed by atoms with Crippen LogP contribution in [0.4, 0.5) is 5.69 Å². The quantitative estimate of drug-likeness (QED) is 0.427. The average Bonchev–Trinajstić information content (AvgIpc) is 3.42. The summed E-state index contributed by atoms with van der Waals surface area (Å²) in [4.78, 5) is 30.9. The van der Waals surface area contributed by atoms with Gasteiger partial charge in [0, 0.05) is 36.6 Å². The minimum Gasteiger partial charge on any atom is -0.356 e. The minimum atomic E-state index is -0.115. The van der Waals surface area contributed by atoms with E-state index in [4.69, 9.17) is 0 Å². The zero-order valence-corrected chi connectivity index (χ0v) is 21.3. The zero-order valence-electron chi connectivity index (χ0n) is 19.7. The SMILES string of the molecule is Cn1c(CCC(=O)NC[C@H]2[C@H](C(=O)Nc3ccc(Br)cc3)[C@H]3C=C[C@H]2C32CC2)nc2ccccc21. The maximum Gasteiger partial charge on any atom is 0.228 e. The van der Waals surface area contributed by atoms with Gasteiger partial charge in [0.15, 0.2) is 0 Å². The highest BCUT2D eigenvalue weighted by Crippen LogP contribution is 2.71. The standard InChI is InChI=1S/C28H29BrN4O2/c1-33-23-5-3-2-4-22(23)32-24(33)12-13-25(34)30-16-19-20-10-11-21(28(20)14-15-28)26(19)27(35)31-18-8-6-17(29)7-9-18/h2-11,19-21,26H,12-16H2,1H3,(H,30,34)(H,31,35)/t19-,20-,21-,26+/m1/s1. The number of anilines is 1. The van der Waals surface area contributed by atoms with E-state index in [1.54, 1.807) is 0 Å². The van der Waals surface area contributed by atoms with Crippen molar-refractivity contribution in [2.24, 2.45) is 36.1 Å². The van der Waals surface area contributed by atoms with Crippen LogP contribution in [0.15, 0.2) is 65.2 Å². The Morgan fingerprint density at radius 3 is 2.57 bits per heavy atom. The summed E-state index contributed by atoms with van der Waals surface area (Å²) >= 11 is 3.44. The first-order valence-electron chi connectivity index (χ1n) is 12.4. The van der Waals surface area contributed by atoms with Gasteiger partial charge in [0.1, 0.15) is 5.82 Å². The first-order chi connectivity index (χ1) is 17.0. The Morgan fingerprint density at radius 2 is 1.83 bits per heavy atom. The Bertz CT molecular complexity index is 1320. The second-order valence-corrected chi connectivity index (χ2v) is 11.2. The van der Waals surface area contributed by atoms with Crippen molar-refractivity contribution in [1.29, 1.82) is 0 Å². The number of nitrogens with one attached hydrogen (secondary N) is 2. The maximum absolute atomic E-state index is 13.4. The third kappa shape index (κ3) is 3.90. The molecule has 6 rings (SSSR count). The normalized spacial score (nSPS) is 25.3. The van der Waals surface area contributed by atoms with Crippen molar-refractivity contribution in [1.82, 2.24) is 14.9 Å². The fourth-order valence-corrected chi connectivity index (χ4v) is 6.79. The fraction of sp³-hybridized carbons (Fsp3) is 0.393. The molecule has 7 heteroatoms. The molecule has 0 aliphatic heterocycles. The van der Waals surface area contributed by atoms with Gasteiger partial charge in [-0.1, -0.05) is 40.2 Å². The van der Waals surface area contributed by atoms with Crippen LogP contribution in [-0.4, -0.2) is 27.9 Å². The molecule has 3 aliphatic carbocycles. The summed E-state index contributed by atoms with van der Waals surface area (Å²) in [5.41, 5.74) is 3.07. The molecule has 2 amide bonds. The summed E-state index contributed by atoms with van der Waals surface area (Å²) in [6, 6.07) is 15.7. The van der Waals surface area contributed by atoms with Gasteiger partial charge >= 0.3 is 0 Å². The monoisotopic (exact) mass is 532 g/mol. The van der Waals surface area contributed by atoms with Crippen LogP contribution in [0.1, 0.15) is 25.1 Å². The van der Waals surface area contributed by atoms with Crippen LogP contribution >= 0.6 is 15.9 Å². The molecule has 35 heavy (non-hydrogen) atoms. The molecular weight excluding hydrogens is 504 g/mol. The van der Waals surface area contributed by atoms with Crippen LogP contribution in [0.2, 0.25) is 0 Å². The molecule has 3 aromatic rings. The molecule has 3 aliphatic rings. The Morgan fingerprint density at radius 1 is 1.09 bits per heavy atom. The van der Waals surface area contributed by atoms with Gasteiger partial charge in [-0.05, 0) is 72.4 Å². The summed E-state index contributed by atoms with van der Waals surface area (Å²) < 4.78 is 3.04. The molecule has 0 radical (unpaired) electrons. The number of allylic oxidation sites excluding steroid dienone is 2. The molecule has 1 spiro atoms. The lowest BCUT2D eigenvalue weighted by Crippen LogP contribution is -2.39. The molecule has 0 saturated heterocycles. The molecule has 2 saturated carbocycles. The summed E-state index contributed by atoms with van der Waals surface area (Å²) in [5, 5.41) is 6.29. The molecule has 2 N–H and O–H groups in total. The van der Waals surface area contributed by atoms with Gasteiger partial charge in [0.2, 0.25) is 11.8 Å². The second kappa shape index (κ2) is 8.63. The van der Waals surface area contributed by atoms with E-state index in [1.165, 1.54) is 12.8 Å².